The summed E-state index contributed by atoms with van der Waals surface area (Å²) in [5.74, 6) is 0. The second-order valence-corrected chi connectivity index (χ2v) is 5.82. The van der Waals surface area contributed by atoms with Gasteiger partial charge in [-0.05, 0) is 43.0 Å². The highest BCUT2D eigenvalue weighted by molar-refractivity contribution is 7.09. The molecule has 0 aliphatic carbocycles. The van der Waals surface area contributed by atoms with Crippen LogP contribution in [0.4, 0.5) is 11.4 Å². The molecule has 0 fully saturated rings. The summed E-state index contributed by atoms with van der Waals surface area (Å²) >= 11 is 1.82. The van der Waals surface area contributed by atoms with E-state index in [9.17, 15) is 0 Å². The SMILES string of the molecule is Cc1ccc(N(C)C(C)Cc2cccs2)cc1N. The normalized spacial score (nSPS) is 12.4. The minimum atomic E-state index is 0.464. The third-order valence-electron chi connectivity index (χ3n) is 3.41. The first-order valence-electron chi connectivity index (χ1n) is 6.19. The Balaban J connectivity index is 2.10. The van der Waals surface area contributed by atoms with Gasteiger partial charge in [-0.3, -0.25) is 0 Å². The lowest BCUT2D eigenvalue weighted by Gasteiger charge is -2.27. The fraction of sp³-hybridized carbons (Fsp3) is 0.333. The van der Waals surface area contributed by atoms with Crippen LogP contribution in [0, 0.1) is 6.92 Å². The Bertz CT molecular complexity index is 505. The molecule has 1 aromatic carbocycles. The van der Waals surface area contributed by atoms with Crippen LogP contribution in [0.1, 0.15) is 17.4 Å². The molecule has 0 bridgehead atoms. The number of nitrogen functional groups attached to an aromatic ring is 1. The highest BCUT2D eigenvalue weighted by Gasteiger charge is 2.12. The van der Waals surface area contributed by atoms with Crippen molar-refractivity contribution >= 4 is 22.7 Å². The molecule has 18 heavy (non-hydrogen) atoms. The summed E-state index contributed by atoms with van der Waals surface area (Å²) in [7, 11) is 2.13. The lowest BCUT2D eigenvalue weighted by Crippen LogP contribution is -2.30. The third kappa shape index (κ3) is 2.85. The first kappa shape index (κ1) is 13.0. The van der Waals surface area contributed by atoms with Gasteiger partial charge in [0.2, 0.25) is 0 Å². The topological polar surface area (TPSA) is 29.3 Å². The summed E-state index contributed by atoms with van der Waals surface area (Å²) in [5, 5.41) is 2.13. The van der Waals surface area contributed by atoms with E-state index in [4.69, 9.17) is 5.73 Å². The van der Waals surface area contributed by atoms with Crippen LogP contribution in [0.25, 0.3) is 0 Å². The predicted octanol–water partition coefficient (Wildman–Crippen LogP) is 3.71. The molecule has 2 aromatic rings. The summed E-state index contributed by atoms with van der Waals surface area (Å²) in [6, 6.07) is 11.0. The van der Waals surface area contributed by atoms with Gasteiger partial charge >= 0.3 is 0 Å². The Hall–Kier alpha value is -1.48. The monoisotopic (exact) mass is 260 g/mol. The average molecular weight is 260 g/mol. The van der Waals surface area contributed by atoms with Crippen LogP contribution in [-0.4, -0.2) is 13.1 Å². The van der Waals surface area contributed by atoms with Gasteiger partial charge in [0.15, 0.2) is 0 Å². The zero-order valence-corrected chi connectivity index (χ0v) is 12.0. The Morgan fingerprint density at radius 3 is 2.72 bits per heavy atom. The van der Waals surface area contributed by atoms with Crippen LogP contribution in [0.2, 0.25) is 0 Å². The molecular formula is C15H20N2S. The number of likely N-dealkylation sites (N-methyl/N-ethyl adjacent to an activating group) is 1. The predicted molar refractivity (Wildman–Crippen MR) is 81.5 cm³/mol. The van der Waals surface area contributed by atoms with E-state index in [1.807, 2.05) is 18.3 Å². The van der Waals surface area contributed by atoms with Gasteiger partial charge in [-0.25, -0.2) is 0 Å². The molecule has 1 aromatic heterocycles. The number of benzene rings is 1. The van der Waals surface area contributed by atoms with Crippen molar-refractivity contribution in [3.8, 4) is 0 Å². The lowest BCUT2D eigenvalue weighted by atomic mass is 10.1. The molecule has 0 amide bonds. The van der Waals surface area contributed by atoms with E-state index in [0.717, 1.165) is 17.7 Å². The van der Waals surface area contributed by atoms with Gasteiger partial charge < -0.3 is 10.6 Å². The van der Waals surface area contributed by atoms with Crippen molar-refractivity contribution in [2.24, 2.45) is 0 Å². The van der Waals surface area contributed by atoms with Crippen LogP contribution in [0.3, 0.4) is 0 Å². The van der Waals surface area contributed by atoms with Crippen molar-refractivity contribution in [2.45, 2.75) is 26.3 Å². The van der Waals surface area contributed by atoms with Crippen LogP contribution in [-0.2, 0) is 6.42 Å². The van der Waals surface area contributed by atoms with Crippen molar-refractivity contribution in [3.63, 3.8) is 0 Å². The second-order valence-electron chi connectivity index (χ2n) is 4.78. The number of hydrogen-bond acceptors (Lipinski definition) is 3. The minimum Gasteiger partial charge on any atom is -0.398 e. The molecule has 2 rings (SSSR count). The Kier molecular flexibility index (Phi) is 3.92. The number of aryl methyl sites for hydroxylation is 1. The van der Waals surface area contributed by atoms with Gasteiger partial charge in [-0.15, -0.1) is 11.3 Å². The van der Waals surface area contributed by atoms with Crippen molar-refractivity contribution in [1.29, 1.82) is 0 Å². The molecule has 0 aliphatic rings. The molecule has 2 nitrogen and oxygen atoms in total. The molecule has 0 radical (unpaired) electrons. The lowest BCUT2D eigenvalue weighted by molar-refractivity contribution is 0.688. The standard InChI is InChI=1S/C15H20N2S/c1-11-6-7-13(10-15(11)16)17(3)12(2)9-14-5-4-8-18-14/h4-8,10,12H,9,16H2,1-3H3. The zero-order chi connectivity index (χ0) is 13.1. The maximum Gasteiger partial charge on any atom is 0.0386 e. The number of hydrogen-bond donors (Lipinski definition) is 1. The number of rotatable bonds is 4. The summed E-state index contributed by atoms with van der Waals surface area (Å²) in [6.07, 6.45) is 1.07. The average Bonchev–Trinajstić information content (AvgIpc) is 2.84. The fourth-order valence-electron chi connectivity index (χ4n) is 1.96. The summed E-state index contributed by atoms with van der Waals surface area (Å²) in [5.41, 5.74) is 9.15. The summed E-state index contributed by atoms with van der Waals surface area (Å²) in [4.78, 5) is 3.71. The zero-order valence-electron chi connectivity index (χ0n) is 11.2. The van der Waals surface area contributed by atoms with Crippen LogP contribution < -0.4 is 10.6 Å². The van der Waals surface area contributed by atoms with E-state index in [-0.39, 0.29) is 0 Å². The maximum absolute atomic E-state index is 5.97. The van der Waals surface area contributed by atoms with E-state index < -0.39 is 0 Å². The molecule has 0 spiro atoms. The van der Waals surface area contributed by atoms with E-state index in [1.165, 1.54) is 10.6 Å². The van der Waals surface area contributed by atoms with Gasteiger partial charge in [0.25, 0.3) is 0 Å². The van der Waals surface area contributed by atoms with Crippen molar-refractivity contribution in [1.82, 2.24) is 0 Å². The number of nitrogens with two attached hydrogens (primary N) is 1. The Morgan fingerprint density at radius 2 is 2.11 bits per heavy atom. The van der Waals surface area contributed by atoms with Gasteiger partial charge in [0.1, 0.15) is 0 Å². The quantitative estimate of drug-likeness (QED) is 0.849. The maximum atomic E-state index is 5.97. The smallest absolute Gasteiger partial charge is 0.0386 e. The molecule has 1 atom stereocenters. The number of anilines is 2. The number of nitrogens with zero attached hydrogens (tertiary/aromatic N) is 1. The van der Waals surface area contributed by atoms with Crippen molar-refractivity contribution < 1.29 is 0 Å². The first-order valence-corrected chi connectivity index (χ1v) is 7.07. The third-order valence-corrected chi connectivity index (χ3v) is 4.31. The van der Waals surface area contributed by atoms with Gasteiger partial charge in [0.05, 0.1) is 0 Å². The van der Waals surface area contributed by atoms with Gasteiger partial charge in [0, 0.05) is 35.8 Å². The summed E-state index contributed by atoms with van der Waals surface area (Å²) in [6.45, 7) is 4.28. The Morgan fingerprint density at radius 1 is 1.33 bits per heavy atom. The largest absolute Gasteiger partial charge is 0.398 e. The molecule has 1 heterocycles. The van der Waals surface area contributed by atoms with Gasteiger partial charge in [-0.2, -0.15) is 0 Å². The van der Waals surface area contributed by atoms with Crippen molar-refractivity contribution in [3.05, 3.63) is 46.2 Å². The van der Waals surface area contributed by atoms with Crippen LogP contribution >= 0.6 is 11.3 Å². The second kappa shape index (κ2) is 5.44. The molecule has 0 aliphatic heterocycles. The molecule has 0 saturated carbocycles. The molecule has 3 heteroatoms. The highest BCUT2D eigenvalue weighted by atomic mass is 32.1. The summed E-state index contributed by atoms with van der Waals surface area (Å²) < 4.78 is 0. The first-order chi connectivity index (χ1) is 8.58. The van der Waals surface area contributed by atoms with Crippen LogP contribution in [0.5, 0.6) is 0 Å². The van der Waals surface area contributed by atoms with Crippen molar-refractivity contribution in [2.75, 3.05) is 17.7 Å². The molecule has 0 saturated heterocycles. The Labute approximate surface area is 113 Å². The molecular weight excluding hydrogens is 240 g/mol. The number of thiophene rings is 1. The highest BCUT2D eigenvalue weighted by Crippen LogP contribution is 2.23. The molecule has 96 valence electrons. The fourth-order valence-corrected chi connectivity index (χ4v) is 2.79. The molecule has 1 unspecified atom stereocenters. The van der Waals surface area contributed by atoms with E-state index in [2.05, 4.69) is 54.6 Å². The van der Waals surface area contributed by atoms with Crippen LogP contribution in [0.15, 0.2) is 35.7 Å². The van der Waals surface area contributed by atoms with E-state index in [0.29, 0.717) is 6.04 Å². The van der Waals surface area contributed by atoms with E-state index in [1.54, 1.807) is 0 Å². The van der Waals surface area contributed by atoms with E-state index >= 15 is 0 Å². The van der Waals surface area contributed by atoms with Gasteiger partial charge in [-0.1, -0.05) is 12.1 Å². The minimum absolute atomic E-state index is 0.464. The molecule has 2 N–H and O–H groups in total.